The number of halogens is 1. The number of carbonyl (C=O) groups is 2. The molecule has 2 bridgehead atoms. The number of aryl methyl sites for hydroxylation is 1. The highest BCUT2D eigenvalue weighted by Gasteiger charge is 2.47. The molecular weight excluding hydrogens is 449 g/mol. The largest absolute Gasteiger partial charge is 0.465 e. The summed E-state index contributed by atoms with van der Waals surface area (Å²) in [6.07, 6.45) is 4.56. The molecule has 0 radical (unpaired) electrons. The smallest absolute Gasteiger partial charge is 0.407 e. The Morgan fingerprint density at radius 3 is 2.69 bits per heavy atom. The molecule has 3 aliphatic heterocycles. The van der Waals surface area contributed by atoms with Crippen molar-refractivity contribution in [3.8, 4) is 0 Å². The topological polar surface area (TPSA) is 102 Å². The van der Waals surface area contributed by atoms with Crippen LogP contribution in [0.4, 0.5) is 9.18 Å². The molecule has 5 rings (SSSR count). The molecule has 3 unspecified atom stereocenters. The minimum Gasteiger partial charge on any atom is -0.465 e. The van der Waals surface area contributed by atoms with Crippen LogP contribution < -0.4 is 5.32 Å². The van der Waals surface area contributed by atoms with E-state index >= 15 is 0 Å². The van der Waals surface area contributed by atoms with Gasteiger partial charge in [-0.15, -0.1) is 0 Å². The number of piperidine rings is 1. The molecule has 2 fully saturated rings. The third-order valence-electron chi connectivity index (χ3n) is 8.07. The van der Waals surface area contributed by atoms with Gasteiger partial charge in [0.1, 0.15) is 11.6 Å². The van der Waals surface area contributed by atoms with Crippen molar-refractivity contribution >= 4 is 12.0 Å². The molecule has 1 aromatic heterocycles. The summed E-state index contributed by atoms with van der Waals surface area (Å²) in [6.45, 7) is 4.72. The van der Waals surface area contributed by atoms with E-state index in [-0.39, 0.29) is 29.7 Å². The Morgan fingerprint density at radius 1 is 1.29 bits per heavy atom. The maximum absolute atomic E-state index is 13.8. The van der Waals surface area contributed by atoms with Gasteiger partial charge in [-0.1, -0.05) is 12.1 Å². The molecule has 8 nitrogen and oxygen atoms in total. The summed E-state index contributed by atoms with van der Waals surface area (Å²) in [5, 5.41) is 12.9. The van der Waals surface area contributed by atoms with E-state index in [0.29, 0.717) is 31.5 Å². The second-order valence-corrected chi connectivity index (χ2v) is 10.3. The summed E-state index contributed by atoms with van der Waals surface area (Å²) in [7, 11) is 0. The first-order chi connectivity index (χ1) is 16.8. The van der Waals surface area contributed by atoms with Gasteiger partial charge in [0.2, 0.25) is 5.91 Å². The summed E-state index contributed by atoms with van der Waals surface area (Å²) in [5.74, 6) is 0.643. The quantitative estimate of drug-likeness (QED) is 0.578. The predicted molar refractivity (Wildman–Crippen MR) is 128 cm³/mol. The number of hydrogen-bond donors (Lipinski definition) is 3. The van der Waals surface area contributed by atoms with Gasteiger partial charge in [-0.3, -0.25) is 14.6 Å². The number of hydrogen-bond acceptors (Lipinski definition) is 4. The molecule has 4 atom stereocenters. The number of nitrogens with zero attached hydrogens (tertiary/aromatic N) is 3. The average Bonchev–Trinajstić information content (AvgIpc) is 3.29. The van der Waals surface area contributed by atoms with Crippen molar-refractivity contribution in [2.24, 2.45) is 5.92 Å². The molecule has 0 spiro atoms. The van der Waals surface area contributed by atoms with Crippen LogP contribution >= 0.6 is 0 Å². The minimum absolute atomic E-state index is 0.128. The van der Waals surface area contributed by atoms with Crippen LogP contribution in [0.25, 0.3) is 0 Å². The zero-order valence-corrected chi connectivity index (χ0v) is 20.3. The number of benzene rings is 1. The zero-order chi connectivity index (χ0) is 24.7. The molecule has 35 heavy (non-hydrogen) atoms. The predicted octanol–water partition coefficient (Wildman–Crippen LogP) is 3.94. The number of H-pyrrole nitrogens is 1. The van der Waals surface area contributed by atoms with E-state index < -0.39 is 6.09 Å². The lowest BCUT2D eigenvalue weighted by Gasteiger charge is -2.45. The van der Waals surface area contributed by atoms with Gasteiger partial charge in [0.15, 0.2) is 0 Å². The van der Waals surface area contributed by atoms with E-state index in [1.807, 2.05) is 13.0 Å². The molecule has 3 aliphatic rings. The second-order valence-electron chi connectivity index (χ2n) is 10.3. The molecule has 188 valence electrons. The number of carbonyl (C=O) groups excluding carboxylic acids is 1. The monoisotopic (exact) mass is 483 g/mol. The van der Waals surface area contributed by atoms with E-state index in [1.54, 1.807) is 11.0 Å². The first-order valence-electron chi connectivity index (χ1n) is 12.6. The van der Waals surface area contributed by atoms with Crippen LogP contribution in [0.1, 0.15) is 73.9 Å². The van der Waals surface area contributed by atoms with Crippen molar-refractivity contribution in [2.75, 3.05) is 13.1 Å². The van der Waals surface area contributed by atoms with Gasteiger partial charge in [0.25, 0.3) is 0 Å². The Bertz CT molecular complexity index is 1090. The van der Waals surface area contributed by atoms with Crippen LogP contribution in [0.2, 0.25) is 0 Å². The number of fused-ring (bicyclic) bond motifs is 3. The maximum Gasteiger partial charge on any atom is 0.407 e. The van der Waals surface area contributed by atoms with Gasteiger partial charge in [0, 0.05) is 44.2 Å². The lowest BCUT2D eigenvalue weighted by molar-refractivity contribution is -0.119. The van der Waals surface area contributed by atoms with E-state index in [1.165, 1.54) is 19.1 Å². The maximum atomic E-state index is 13.8. The Labute approximate surface area is 204 Å². The van der Waals surface area contributed by atoms with E-state index in [2.05, 4.69) is 15.2 Å². The summed E-state index contributed by atoms with van der Waals surface area (Å²) < 4.78 is 13.8. The van der Waals surface area contributed by atoms with E-state index in [0.717, 1.165) is 55.0 Å². The van der Waals surface area contributed by atoms with Crippen LogP contribution in [0.5, 0.6) is 0 Å². The molecule has 0 saturated carbocycles. The molecule has 3 N–H and O–H groups in total. The van der Waals surface area contributed by atoms with Gasteiger partial charge in [-0.2, -0.15) is 0 Å². The second kappa shape index (κ2) is 9.60. The fraction of sp³-hybridized carbons (Fsp3) is 0.577. The third kappa shape index (κ3) is 4.78. The zero-order valence-electron chi connectivity index (χ0n) is 20.3. The summed E-state index contributed by atoms with van der Waals surface area (Å²) in [4.78, 5) is 36.1. The minimum atomic E-state index is -0.871. The van der Waals surface area contributed by atoms with Crippen molar-refractivity contribution in [1.82, 2.24) is 25.1 Å². The average molecular weight is 484 g/mol. The van der Waals surface area contributed by atoms with Crippen LogP contribution in [0, 0.1) is 18.7 Å². The van der Waals surface area contributed by atoms with E-state index in [9.17, 15) is 19.1 Å². The summed E-state index contributed by atoms with van der Waals surface area (Å²) in [5.41, 5.74) is 2.77. The number of imidazole rings is 1. The highest BCUT2D eigenvalue weighted by Crippen LogP contribution is 2.47. The number of carboxylic acid groups (broad SMARTS) is 1. The van der Waals surface area contributed by atoms with E-state index in [4.69, 9.17) is 4.98 Å². The van der Waals surface area contributed by atoms with Crippen molar-refractivity contribution < 1.29 is 19.1 Å². The molecule has 2 saturated heterocycles. The van der Waals surface area contributed by atoms with Crippen LogP contribution in [-0.2, 0) is 11.2 Å². The Hall–Kier alpha value is -2.94. The summed E-state index contributed by atoms with van der Waals surface area (Å²) in [6, 6.07) is 6.76. The molecule has 4 heterocycles. The SMILES string of the molecule is CC(=O)N[C@@H](CCN1C2CCC1CC(C1c3nc(C)[nH]c3CCN1C(=O)O)C2)c1cccc(F)c1. The van der Waals surface area contributed by atoms with Gasteiger partial charge in [-0.25, -0.2) is 14.2 Å². The molecule has 0 aliphatic carbocycles. The van der Waals surface area contributed by atoms with Crippen LogP contribution in [-0.4, -0.2) is 62.0 Å². The highest BCUT2D eigenvalue weighted by atomic mass is 19.1. The van der Waals surface area contributed by atoms with Gasteiger partial charge in [-0.05, 0) is 62.6 Å². The molecule has 1 aromatic carbocycles. The Balaban J connectivity index is 1.30. The first-order valence-corrected chi connectivity index (χ1v) is 12.6. The normalized spacial score (nSPS) is 26.9. The third-order valence-corrected chi connectivity index (χ3v) is 8.07. The fourth-order valence-electron chi connectivity index (χ4n) is 6.71. The highest BCUT2D eigenvalue weighted by molar-refractivity contribution is 5.73. The van der Waals surface area contributed by atoms with Crippen molar-refractivity contribution in [2.45, 2.75) is 76.5 Å². The standard InChI is InChI=1S/C26H34FN5O3/c1-15-28-23-9-11-32(26(34)35)25(24(23)29-15)18-13-20-6-7-21(14-18)31(20)10-8-22(30-16(2)33)17-4-3-5-19(27)12-17/h3-5,12,18,20-22,25H,6-11,13-14H2,1-2H3,(H,28,29)(H,30,33)(H,34,35)/t18?,20?,21?,22-,25?/m0/s1. The van der Waals surface area contributed by atoms with Crippen LogP contribution in [0.15, 0.2) is 24.3 Å². The number of amides is 2. The lowest BCUT2D eigenvalue weighted by Crippen LogP contribution is -2.49. The van der Waals surface area contributed by atoms with Crippen LogP contribution in [0.3, 0.4) is 0 Å². The number of rotatable bonds is 6. The molecule has 2 aromatic rings. The van der Waals surface area contributed by atoms with Crippen molar-refractivity contribution in [3.63, 3.8) is 0 Å². The Morgan fingerprint density at radius 2 is 2.03 bits per heavy atom. The fourth-order valence-corrected chi connectivity index (χ4v) is 6.71. The Kier molecular flexibility index (Phi) is 6.53. The van der Waals surface area contributed by atoms with Crippen molar-refractivity contribution in [3.05, 3.63) is 52.9 Å². The van der Waals surface area contributed by atoms with Gasteiger partial charge >= 0.3 is 6.09 Å². The molecule has 2 amide bonds. The summed E-state index contributed by atoms with van der Waals surface area (Å²) >= 11 is 0. The number of aromatic amines is 1. The number of nitrogens with one attached hydrogen (secondary N) is 2. The number of aromatic nitrogens is 2. The molecular formula is C26H34FN5O3. The van der Waals surface area contributed by atoms with Gasteiger partial charge < -0.3 is 15.4 Å². The van der Waals surface area contributed by atoms with Crippen molar-refractivity contribution in [1.29, 1.82) is 0 Å². The molecule has 9 heteroatoms. The first kappa shape index (κ1) is 23.8. The lowest BCUT2D eigenvalue weighted by atomic mass is 9.80. The van der Waals surface area contributed by atoms with Gasteiger partial charge in [0.05, 0.1) is 17.8 Å².